The molecule has 226 valence electrons. The van der Waals surface area contributed by atoms with Crippen LogP contribution in [-0.4, -0.2) is 46.7 Å². The van der Waals surface area contributed by atoms with Crippen LogP contribution in [0.1, 0.15) is 52.9 Å². The number of benzene rings is 3. The van der Waals surface area contributed by atoms with Crippen LogP contribution in [0, 0.1) is 5.82 Å². The van der Waals surface area contributed by atoms with Gasteiger partial charge in [-0.15, -0.1) is 10.2 Å². The molecule has 0 bridgehead atoms. The summed E-state index contributed by atoms with van der Waals surface area (Å²) in [6.45, 7) is 2.61. The van der Waals surface area contributed by atoms with Crippen molar-refractivity contribution in [2.75, 3.05) is 18.6 Å². The van der Waals surface area contributed by atoms with E-state index < -0.39 is 23.7 Å². The number of aromatic nitrogens is 2. The number of ether oxygens (including phenoxy) is 2. The summed E-state index contributed by atoms with van der Waals surface area (Å²) in [6, 6.07) is 18.1. The molecule has 5 rings (SSSR count). The molecular formula is C32H28FN3O6S2. The highest BCUT2D eigenvalue weighted by Gasteiger charge is 2.48. The van der Waals surface area contributed by atoms with Crippen LogP contribution in [0.25, 0.3) is 5.76 Å². The Kier molecular flexibility index (Phi) is 9.71. The van der Waals surface area contributed by atoms with E-state index in [-0.39, 0.29) is 33.6 Å². The maximum atomic E-state index is 14.1. The van der Waals surface area contributed by atoms with Crippen LogP contribution in [0.15, 0.2) is 82.7 Å². The molecule has 9 nitrogen and oxygen atoms in total. The number of rotatable bonds is 11. The number of unbranched alkanes of at least 4 members (excludes halogenated alkanes) is 1. The smallest absolute Gasteiger partial charge is 0.337 e. The maximum Gasteiger partial charge on any atom is 0.337 e. The third kappa shape index (κ3) is 6.51. The molecule has 4 aromatic rings. The molecule has 3 aromatic carbocycles. The first-order valence-corrected chi connectivity index (χ1v) is 15.5. The number of carbonyl (C=O) groups is 3. The van der Waals surface area contributed by atoms with E-state index in [4.69, 9.17) is 9.47 Å². The van der Waals surface area contributed by atoms with Crippen molar-refractivity contribution >= 4 is 51.6 Å². The summed E-state index contributed by atoms with van der Waals surface area (Å²) in [4.78, 5) is 40.3. The summed E-state index contributed by atoms with van der Waals surface area (Å²) in [6.07, 6.45) is 1.88. The molecular weight excluding hydrogens is 605 g/mol. The van der Waals surface area contributed by atoms with Gasteiger partial charge in [0.1, 0.15) is 17.3 Å². The monoisotopic (exact) mass is 633 g/mol. The van der Waals surface area contributed by atoms with Crippen molar-refractivity contribution in [2.24, 2.45) is 0 Å². The number of anilines is 1. The second-order valence-corrected chi connectivity index (χ2v) is 11.9. The maximum absolute atomic E-state index is 14.1. The molecule has 1 atom stereocenters. The van der Waals surface area contributed by atoms with Gasteiger partial charge in [0.25, 0.3) is 5.78 Å². The predicted molar refractivity (Wildman–Crippen MR) is 165 cm³/mol. The van der Waals surface area contributed by atoms with Gasteiger partial charge >= 0.3 is 11.9 Å². The molecule has 0 spiro atoms. The predicted octanol–water partition coefficient (Wildman–Crippen LogP) is 6.56. The molecule has 0 radical (unpaired) electrons. The van der Waals surface area contributed by atoms with Crippen molar-refractivity contribution in [3.05, 3.63) is 106 Å². The van der Waals surface area contributed by atoms with E-state index in [1.165, 1.54) is 42.0 Å². The summed E-state index contributed by atoms with van der Waals surface area (Å²) in [5.41, 5.74) is 1.39. The molecule has 44 heavy (non-hydrogen) atoms. The van der Waals surface area contributed by atoms with Gasteiger partial charge in [0, 0.05) is 11.3 Å². The average Bonchev–Trinajstić information content (AvgIpc) is 3.62. The van der Waals surface area contributed by atoms with Crippen LogP contribution in [0.2, 0.25) is 0 Å². The molecule has 1 N–H and O–H groups in total. The minimum atomic E-state index is -1.07. The SMILES string of the molecule is CCCCOc1ccc(/C(O)=C2\C(=O)C(=O)N(c3nnc(SCc4ccccc4F)s3)C2c2ccc(C(=O)OC)cc2)cc1. The van der Waals surface area contributed by atoms with Gasteiger partial charge in [-0.2, -0.15) is 0 Å². The lowest BCUT2D eigenvalue weighted by Crippen LogP contribution is -2.29. The van der Waals surface area contributed by atoms with Gasteiger partial charge < -0.3 is 14.6 Å². The van der Waals surface area contributed by atoms with Crippen LogP contribution < -0.4 is 9.64 Å². The Bertz CT molecular complexity index is 1710. The van der Waals surface area contributed by atoms with Crippen LogP contribution in [0.3, 0.4) is 0 Å². The number of hydrogen-bond donors (Lipinski definition) is 1. The highest BCUT2D eigenvalue weighted by Crippen LogP contribution is 2.44. The van der Waals surface area contributed by atoms with E-state index >= 15 is 0 Å². The number of esters is 1. The lowest BCUT2D eigenvalue weighted by Gasteiger charge is -2.22. The summed E-state index contributed by atoms with van der Waals surface area (Å²) < 4.78 is 25.1. The Morgan fingerprint density at radius 1 is 1.02 bits per heavy atom. The molecule has 1 saturated heterocycles. The van der Waals surface area contributed by atoms with Crippen molar-refractivity contribution in [3.8, 4) is 5.75 Å². The highest BCUT2D eigenvalue weighted by atomic mass is 32.2. The van der Waals surface area contributed by atoms with E-state index in [0.717, 1.165) is 24.2 Å². The number of aliphatic hydroxyl groups is 1. The summed E-state index contributed by atoms with van der Waals surface area (Å²) in [5.74, 6) is -2.15. The first-order valence-electron chi connectivity index (χ1n) is 13.7. The minimum Gasteiger partial charge on any atom is -0.507 e. The van der Waals surface area contributed by atoms with E-state index in [0.29, 0.717) is 33.4 Å². The topological polar surface area (TPSA) is 119 Å². The summed E-state index contributed by atoms with van der Waals surface area (Å²) in [7, 11) is 1.27. The van der Waals surface area contributed by atoms with Gasteiger partial charge in [-0.05, 0) is 60.0 Å². The van der Waals surface area contributed by atoms with Crippen LogP contribution in [0.5, 0.6) is 5.75 Å². The fraction of sp³-hybridized carbons (Fsp3) is 0.219. The minimum absolute atomic E-state index is 0.129. The molecule has 12 heteroatoms. The second-order valence-electron chi connectivity index (χ2n) is 9.74. The van der Waals surface area contributed by atoms with Gasteiger partial charge in [-0.25, -0.2) is 9.18 Å². The van der Waals surface area contributed by atoms with Crippen LogP contribution >= 0.6 is 23.1 Å². The molecule has 1 aromatic heterocycles. The number of nitrogens with zero attached hydrogens (tertiary/aromatic N) is 3. The number of hydrogen-bond acceptors (Lipinski definition) is 10. The third-order valence-electron chi connectivity index (χ3n) is 6.90. The third-order valence-corrected chi connectivity index (χ3v) is 9.00. The molecule has 1 aliphatic rings. The van der Waals surface area contributed by atoms with E-state index in [1.807, 2.05) is 0 Å². The zero-order valence-corrected chi connectivity index (χ0v) is 25.5. The van der Waals surface area contributed by atoms with Crippen molar-refractivity contribution in [1.82, 2.24) is 10.2 Å². The normalized spacial score (nSPS) is 15.9. The lowest BCUT2D eigenvalue weighted by molar-refractivity contribution is -0.132. The lowest BCUT2D eigenvalue weighted by atomic mass is 9.94. The molecule has 1 fully saturated rings. The van der Waals surface area contributed by atoms with Crippen LogP contribution in [-0.2, 0) is 20.1 Å². The van der Waals surface area contributed by atoms with Crippen molar-refractivity contribution < 1.29 is 33.4 Å². The fourth-order valence-electron chi connectivity index (χ4n) is 4.58. The summed E-state index contributed by atoms with van der Waals surface area (Å²) >= 11 is 2.31. The Morgan fingerprint density at radius 2 is 1.73 bits per heavy atom. The molecule has 1 amide bonds. The largest absolute Gasteiger partial charge is 0.507 e. The van der Waals surface area contributed by atoms with Gasteiger partial charge in [0.05, 0.1) is 30.9 Å². The van der Waals surface area contributed by atoms with Crippen molar-refractivity contribution in [3.63, 3.8) is 0 Å². The van der Waals surface area contributed by atoms with E-state index in [9.17, 15) is 23.9 Å². The van der Waals surface area contributed by atoms with Crippen molar-refractivity contribution in [2.45, 2.75) is 35.9 Å². The average molecular weight is 634 g/mol. The zero-order chi connectivity index (χ0) is 31.2. The quantitative estimate of drug-likeness (QED) is 0.0372. The second kappa shape index (κ2) is 13.8. The Hall–Kier alpha value is -4.55. The molecule has 1 unspecified atom stereocenters. The summed E-state index contributed by atoms with van der Waals surface area (Å²) in [5, 5.41) is 19.9. The number of methoxy groups -OCH3 is 1. The number of halogens is 1. The zero-order valence-electron chi connectivity index (χ0n) is 23.9. The van der Waals surface area contributed by atoms with E-state index in [1.54, 1.807) is 54.6 Å². The van der Waals surface area contributed by atoms with E-state index in [2.05, 4.69) is 17.1 Å². The molecule has 0 saturated carbocycles. The van der Waals surface area contributed by atoms with Gasteiger partial charge in [-0.3, -0.25) is 14.5 Å². The Labute approximate surface area is 261 Å². The number of ketones is 1. The number of Topliss-reactive ketones (excluding diaryl/α,β-unsaturated/α-hetero) is 1. The molecule has 1 aliphatic heterocycles. The van der Waals surface area contributed by atoms with Crippen LogP contribution in [0.4, 0.5) is 9.52 Å². The Morgan fingerprint density at radius 3 is 2.41 bits per heavy atom. The number of carbonyl (C=O) groups excluding carboxylic acids is 3. The fourth-order valence-corrected chi connectivity index (χ4v) is 6.43. The molecule has 0 aliphatic carbocycles. The number of amides is 1. The van der Waals surface area contributed by atoms with Crippen molar-refractivity contribution in [1.29, 1.82) is 0 Å². The highest BCUT2D eigenvalue weighted by molar-refractivity contribution is 8.00. The molecule has 2 heterocycles. The first-order chi connectivity index (χ1) is 21.3. The first kappa shape index (κ1) is 30.9. The standard InChI is InChI=1S/C32H28FN3O6S2/c1-3-4-17-42-23-15-13-20(14-16-23)27(37)25-26(19-9-11-21(12-10-19)30(40)41-2)36(29(39)28(25)38)31-34-35-32(44-31)43-18-22-7-5-6-8-24(22)33/h5-16,26,37H,3-4,17-18H2,1-2H3/b27-25+. The van der Waals surface area contributed by atoms with Gasteiger partial charge in [0.2, 0.25) is 5.13 Å². The van der Waals surface area contributed by atoms with Gasteiger partial charge in [-0.1, -0.05) is 66.8 Å². The number of aliphatic hydroxyl groups excluding tert-OH is 1. The van der Waals surface area contributed by atoms with Gasteiger partial charge in [0.15, 0.2) is 4.34 Å². The Balaban J connectivity index is 1.51. The number of thioether (sulfide) groups is 1.